The lowest BCUT2D eigenvalue weighted by molar-refractivity contribution is -0.140. The number of anilines is 2. The number of aliphatic hydroxyl groups is 1. The van der Waals surface area contributed by atoms with Gasteiger partial charge in [0, 0.05) is 24.3 Å². The molecule has 0 amide bonds. The Morgan fingerprint density at radius 3 is 2.51 bits per heavy atom. The number of nitrogens with one attached hydrogen (secondary N) is 2. The van der Waals surface area contributed by atoms with Crippen LogP contribution in [0.3, 0.4) is 0 Å². The summed E-state index contributed by atoms with van der Waals surface area (Å²) in [5.74, 6) is 1.27. The largest absolute Gasteiger partial charge is 0.406 e. The molecular weight excluding hydrogens is 461 g/mol. The quantitative estimate of drug-likeness (QED) is 0.393. The summed E-state index contributed by atoms with van der Waals surface area (Å²) < 4.78 is 42.2. The minimum Gasteiger partial charge on any atom is -0.390 e. The normalized spacial score (nSPS) is 24.1. The molecule has 0 unspecified atom stereocenters. The third kappa shape index (κ3) is 3.67. The van der Waals surface area contributed by atoms with Crippen molar-refractivity contribution in [2.45, 2.75) is 62.9 Å². The summed E-state index contributed by atoms with van der Waals surface area (Å²) in [6, 6.07) is 5.24. The second-order valence-electron chi connectivity index (χ2n) is 9.76. The predicted octanol–water partition coefficient (Wildman–Crippen LogP) is 3.91. The molecule has 0 radical (unpaired) electrons. The highest BCUT2D eigenvalue weighted by atomic mass is 19.4. The fraction of sp³-hybridized carbons (Fsp3) is 0.478. The summed E-state index contributed by atoms with van der Waals surface area (Å²) in [5.41, 5.74) is 1.64. The highest BCUT2D eigenvalue weighted by molar-refractivity contribution is 5.89. The third-order valence-corrected chi connectivity index (χ3v) is 7.33. The van der Waals surface area contributed by atoms with E-state index in [-0.39, 0.29) is 17.0 Å². The summed E-state index contributed by atoms with van der Waals surface area (Å²) in [6.07, 6.45) is 1.35. The molecule has 184 valence electrons. The number of nitrogens with zero attached hydrogens (tertiary/aromatic N) is 6. The van der Waals surface area contributed by atoms with Gasteiger partial charge in [-0.3, -0.25) is 0 Å². The van der Waals surface area contributed by atoms with Gasteiger partial charge in [0.2, 0.25) is 5.95 Å². The Labute approximate surface area is 198 Å². The zero-order chi connectivity index (χ0) is 24.6. The van der Waals surface area contributed by atoms with E-state index in [0.717, 1.165) is 30.3 Å². The Hall–Kier alpha value is -3.41. The molecule has 9 nitrogen and oxygen atoms in total. The standard InChI is InChI=1S/C23H25F3N8O/c1-13-28-16-4-3-15(29-19(16)33(13)12-23(24,25)26)14-5-10-34-17(14)18(27-2)30-20(32-34)31-21-6-8-22(35,11-21)9-7-21/h3-5,10,35H,6-9,11-12H2,1-2H3,(H2,27,30,31,32). The Morgan fingerprint density at radius 2 is 1.86 bits per heavy atom. The van der Waals surface area contributed by atoms with Crippen molar-refractivity contribution in [3.8, 4) is 11.3 Å². The molecule has 2 fully saturated rings. The number of hydrogen-bond acceptors (Lipinski definition) is 7. The molecule has 0 aliphatic heterocycles. The molecular formula is C23H25F3N8O. The highest BCUT2D eigenvalue weighted by Crippen LogP contribution is 2.51. The first-order valence-corrected chi connectivity index (χ1v) is 11.6. The smallest absolute Gasteiger partial charge is 0.390 e. The Morgan fingerprint density at radius 1 is 1.09 bits per heavy atom. The van der Waals surface area contributed by atoms with Crippen molar-refractivity contribution in [2.75, 3.05) is 17.7 Å². The van der Waals surface area contributed by atoms with E-state index in [4.69, 9.17) is 0 Å². The monoisotopic (exact) mass is 486 g/mol. The van der Waals surface area contributed by atoms with E-state index >= 15 is 0 Å². The van der Waals surface area contributed by atoms with Gasteiger partial charge in [0.05, 0.1) is 11.3 Å². The average molecular weight is 487 g/mol. The highest BCUT2D eigenvalue weighted by Gasteiger charge is 2.53. The van der Waals surface area contributed by atoms with Gasteiger partial charge in [-0.25, -0.2) is 14.5 Å². The molecule has 35 heavy (non-hydrogen) atoms. The SMILES string of the molecule is CNc1nc(NC23CCC(O)(CC2)C3)nn2ccc(-c3ccc4nc(C)n(CC(F)(F)F)c4n3)c12. The van der Waals surface area contributed by atoms with Gasteiger partial charge in [0.1, 0.15) is 23.4 Å². The van der Waals surface area contributed by atoms with E-state index in [0.29, 0.717) is 40.5 Å². The van der Waals surface area contributed by atoms with Crippen LogP contribution < -0.4 is 10.6 Å². The van der Waals surface area contributed by atoms with Gasteiger partial charge < -0.3 is 20.3 Å². The first-order valence-electron chi connectivity index (χ1n) is 11.6. The van der Waals surface area contributed by atoms with Gasteiger partial charge in [-0.1, -0.05) is 0 Å². The number of hydrogen-bond donors (Lipinski definition) is 3. The molecule has 2 aliphatic carbocycles. The number of aryl methyl sites for hydroxylation is 1. The lowest BCUT2D eigenvalue weighted by Gasteiger charge is -2.27. The first-order chi connectivity index (χ1) is 16.6. The summed E-state index contributed by atoms with van der Waals surface area (Å²) >= 11 is 0. The minimum absolute atomic E-state index is 0.177. The van der Waals surface area contributed by atoms with Crippen LogP contribution in [0.15, 0.2) is 24.4 Å². The summed E-state index contributed by atoms with van der Waals surface area (Å²) in [4.78, 5) is 13.5. The van der Waals surface area contributed by atoms with Gasteiger partial charge in [0.15, 0.2) is 11.5 Å². The van der Waals surface area contributed by atoms with Crippen molar-refractivity contribution in [3.05, 3.63) is 30.2 Å². The average Bonchev–Trinajstić information content (AvgIpc) is 3.53. The summed E-state index contributed by atoms with van der Waals surface area (Å²) in [5, 5.41) is 21.8. The molecule has 4 heterocycles. The number of fused-ring (bicyclic) bond motifs is 4. The third-order valence-electron chi connectivity index (χ3n) is 7.33. The predicted molar refractivity (Wildman–Crippen MR) is 124 cm³/mol. The van der Waals surface area contributed by atoms with Gasteiger partial charge in [-0.15, -0.1) is 5.10 Å². The van der Waals surface area contributed by atoms with Crippen molar-refractivity contribution in [3.63, 3.8) is 0 Å². The van der Waals surface area contributed by atoms with Crippen LogP contribution in [0.2, 0.25) is 0 Å². The Bertz CT molecular complexity index is 1450. The van der Waals surface area contributed by atoms with Crippen LogP contribution in [0.5, 0.6) is 0 Å². The Balaban J connectivity index is 1.41. The molecule has 2 saturated carbocycles. The molecule has 12 heteroatoms. The molecule has 2 bridgehead atoms. The second-order valence-corrected chi connectivity index (χ2v) is 9.76. The maximum Gasteiger partial charge on any atom is 0.406 e. The van der Waals surface area contributed by atoms with Crippen molar-refractivity contribution >= 4 is 28.4 Å². The van der Waals surface area contributed by atoms with E-state index in [1.807, 2.05) is 6.07 Å². The zero-order valence-electron chi connectivity index (χ0n) is 19.3. The van der Waals surface area contributed by atoms with Crippen molar-refractivity contribution in [1.82, 2.24) is 29.1 Å². The minimum atomic E-state index is -4.39. The topological polar surface area (TPSA) is 105 Å². The molecule has 3 N–H and O–H groups in total. The number of pyridine rings is 1. The summed E-state index contributed by atoms with van der Waals surface area (Å²) in [7, 11) is 1.75. The van der Waals surface area contributed by atoms with Crippen LogP contribution in [0.1, 0.15) is 37.9 Å². The van der Waals surface area contributed by atoms with Crippen molar-refractivity contribution in [2.24, 2.45) is 0 Å². The van der Waals surface area contributed by atoms with Gasteiger partial charge in [0.25, 0.3) is 0 Å². The van der Waals surface area contributed by atoms with Crippen LogP contribution in [0, 0.1) is 6.92 Å². The molecule has 0 aromatic carbocycles. The van der Waals surface area contributed by atoms with Crippen LogP contribution in [0.25, 0.3) is 27.9 Å². The fourth-order valence-corrected chi connectivity index (χ4v) is 5.68. The number of imidazole rings is 1. The molecule has 6 rings (SSSR count). The number of alkyl halides is 3. The van der Waals surface area contributed by atoms with Crippen LogP contribution in [0.4, 0.5) is 24.9 Å². The molecule has 0 atom stereocenters. The second kappa shape index (κ2) is 7.30. The lowest BCUT2D eigenvalue weighted by Crippen LogP contribution is -2.34. The van der Waals surface area contributed by atoms with Crippen LogP contribution in [-0.2, 0) is 6.54 Å². The Kier molecular flexibility index (Phi) is 4.60. The zero-order valence-corrected chi connectivity index (χ0v) is 19.3. The lowest BCUT2D eigenvalue weighted by atomic mass is 9.93. The number of rotatable bonds is 5. The first kappa shape index (κ1) is 22.1. The number of aromatic nitrogens is 6. The molecule has 0 spiro atoms. The molecule has 4 aromatic rings. The maximum absolute atomic E-state index is 13.1. The van der Waals surface area contributed by atoms with Crippen LogP contribution >= 0.6 is 0 Å². The van der Waals surface area contributed by atoms with E-state index in [9.17, 15) is 18.3 Å². The van der Waals surface area contributed by atoms with E-state index in [2.05, 4.69) is 30.7 Å². The van der Waals surface area contributed by atoms with E-state index in [1.165, 1.54) is 6.92 Å². The van der Waals surface area contributed by atoms with E-state index in [1.54, 1.807) is 29.9 Å². The number of halogens is 3. The van der Waals surface area contributed by atoms with Crippen LogP contribution in [-0.4, -0.2) is 58.6 Å². The van der Waals surface area contributed by atoms with Crippen molar-refractivity contribution < 1.29 is 18.3 Å². The molecule has 2 aliphatic rings. The van der Waals surface area contributed by atoms with Gasteiger partial charge >= 0.3 is 6.18 Å². The fourth-order valence-electron chi connectivity index (χ4n) is 5.68. The van der Waals surface area contributed by atoms with E-state index < -0.39 is 18.3 Å². The maximum atomic E-state index is 13.1. The summed E-state index contributed by atoms with van der Waals surface area (Å²) in [6.45, 7) is 0.385. The molecule has 0 saturated heterocycles. The molecule has 4 aromatic heterocycles. The van der Waals surface area contributed by atoms with Crippen molar-refractivity contribution in [1.29, 1.82) is 0 Å². The van der Waals surface area contributed by atoms with Gasteiger partial charge in [-0.2, -0.15) is 18.2 Å². The van der Waals surface area contributed by atoms with Gasteiger partial charge in [-0.05, 0) is 57.2 Å².